The second kappa shape index (κ2) is 5.29. The average Bonchev–Trinajstić information content (AvgIpc) is 2.77. The first-order valence-corrected chi connectivity index (χ1v) is 8.86. The molecule has 0 N–H and O–H groups in total. The number of hydrogen-bond donors (Lipinski definition) is 0. The van der Waals surface area contributed by atoms with Crippen LogP contribution >= 0.6 is 0 Å². The molecule has 0 atom stereocenters. The van der Waals surface area contributed by atoms with Gasteiger partial charge in [-0.05, 0) is 36.4 Å². The van der Waals surface area contributed by atoms with Crippen LogP contribution in [0.4, 0.5) is 0 Å². The number of ketones is 1. The molecule has 0 saturated carbocycles. The molecule has 0 amide bonds. The van der Waals surface area contributed by atoms with Gasteiger partial charge in [-0.1, -0.05) is 12.1 Å². The van der Waals surface area contributed by atoms with Crippen molar-refractivity contribution in [3.05, 3.63) is 107 Å². The van der Waals surface area contributed by atoms with Crippen LogP contribution in [0, 0.1) is 0 Å². The van der Waals surface area contributed by atoms with Crippen molar-refractivity contribution in [1.82, 2.24) is 19.9 Å². The number of hydrogen-bond acceptors (Lipinski definition) is 6. The van der Waals surface area contributed by atoms with Gasteiger partial charge in [0.15, 0.2) is 5.78 Å². The topological polar surface area (TPSA) is 77.9 Å². The number of aromatic nitrogens is 4. The Balaban J connectivity index is 1.88. The third-order valence-corrected chi connectivity index (χ3v) is 5.36. The number of fused-ring (bicyclic) bond motifs is 8. The third-order valence-electron chi connectivity index (χ3n) is 5.36. The maximum absolute atomic E-state index is 13.2. The highest BCUT2D eigenvalue weighted by Crippen LogP contribution is 2.55. The summed E-state index contributed by atoms with van der Waals surface area (Å²) >= 11 is 0. The molecule has 6 rings (SSSR count). The van der Waals surface area contributed by atoms with Crippen LogP contribution in [0.5, 0.6) is 11.8 Å². The Morgan fingerprint density at radius 1 is 0.643 bits per heavy atom. The van der Waals surface area contributed by atoms with E-state index in [-0.39, 0.29) is 5.78 Å². The Bertz CT molecular complexity index is 1190. The molecule has 132 valence electrons. The van der Waals surface area contributed by atoms with Crippen molar-refractivity contribution in [3.8, 4) is 11.8 Å². The summed E-state index contributed by atoms with van der Waals surface area (Å²) in [5.74, 6) is 0.798. The lowest BCUT2D eigenvalue weighted by atomic mass is 9.63. The molecule has 1 spiro atoms. The van der Waals surface area contributed by atoms with Crippen LogP contribution in [-0.2, 0) is 5.41 Å². The van der Waals surface area contributed by atoms with E-state index in [2.05, 4.69) is 19.9 Å². The Morgan fingerprint density at radius 3 is 1.64 bits per heavy atom. The number of carbonyl (C=O) groups is 1. The molecule has 0 fully saturated rings. The molecule has 5 heterocycles. The van der Waals surface area contributed by atoms with Gasteiger partial charge < -0.3 is 4.74 Å². The van der Waals surface area contributed by atoms with Crippen LogP contribution in [0.2, 0.25) is 0 Å². The molecule has 0 bridgehead atoms. The number of pyridine rings is 4. The molecule has 1 aliphatic heterocycles. The van der Waals surface area contributed by atoms with Gasteiger partial charge >= 0.3 is 0 Å². The van der Waals surface area contributed by atoms with Crippen molar-refractivity contribution in [1.29, 1.82) is 0 Å². The molecule has 28 heavy (non-hydrogen) atoms. The zero-order valence-corrected chi connectivity index (χ0v) is 14.5. The van der Waals surface area contributed by atoms with Crippen molar-refractivity contribution < 1.29 is 9.53 Å². The monoisotopic (exact) mass is 364 g/mol. The van der Waals surface area contributed by atoms with Crippen LogP contribution in [0.15, 0.2) is 73.3 Å². The summed E-state index contributed by atoms with van der Waals surface area (Å²) in [5.41, 5.74) is 3.01. The van der Waals surface area contributed by atoms with Gasteiger partial charge in [-0.15, -0.1) is 0 Å². The van der Waals surface area contributed by atoms with Gasteiger partial charge in [-0.25, -0.2) is 9.97 Å². The summed E-state index contributed by atoms with van der Waals surface area (Å²) in [6, 6.07) is 14.8. The maximum atomic E-state index is 13.2. The molecule has 6 nitrogen and oxygen atoms in total. The highest BCUT2D eigenvalue weighted by Gasteiger charge is 2.54. The van der Waals surface area contributed by atoms with Crippen LogP contribution in [0.25, 0.3) is 0 Å². The van der Waals surface area contributed by atoms with E-state index in [0.717, 1.165) is 11.1 Å². The van der Waals surface area contributed by atoms with Crippen molar-refractivity contribution in [2.45, 2.75) is 5.41 Å². The van der Waals surface area contributed by atoms with E-state index in [0.29, 0.717) is 34.3 Å². The van der Waals surface area contributed by atoms with Crippen molar-refractivity contribution in [2.24, 2.45) is 0 Å². The normalized spacial score (nSPS) is 15.1. The smallest absolute Gasteiger partial charge is 0.226 e. The summed E-state index contributed by atoms with van der Waals surface area (Å²) in [6.45, 7) is 0. The first kappa shape index (κ1) is 15.2. The second-order valence-electron chi connectivity index (χ2n) is 6.69. The Kier molecular flexibility index (Phi) is 2.87. The van der Waals surface area contributed by atoms with Gasteiger partial charge in [0.05, 0.1) is 11.4 Å². The summed E-state index contributed by atoms with van der Waals surface area (Å²) in [7, 11) is 0. The van der Waals surface area contributed by atoms with Gasteiger partial charge in [0.2, 0.25) is 11.8 Å². The second-order valence-corrected chi connectivity index (χ2v) is 6.69. The van der Waals surface area contributed by atoms with E-state index in [1.807, 2.05) is 36.4 Å². The van der Waals surface area contributed by atoms with E-state index in [1.165, 1.54) is 0 Å². The number of rotatable bonds is 0. The molecular weight excluding hydrogens is 352 g/mol. The summed E-state index contributed by atoms with van der Waals surface area (Å²) in [4.78, 5) is 31.4. The first-order chi connectivity index (χ1) is 13.8. The quantitative estimate of drug-likeness (QED) is 0.412. The molecule has 6 heteroatoms. The van der Waals surface area contributed by atoms with E-state index >= 15 is 0 Å². The standard InChI is InChI=1S/C22H12N4O2/c27-17-13-5-1-9-23-18(13)22(19-14(17)6-2-10-24-19)15-7-3-11-25-20(15)28-21-16(22)8-4-12-26-21/h1-12H. The summed E-state index contributed by atoms with van der Waals surface area (Å²) in [5, 5.41) is 0. The molecule has 0 radical (unpaired) electrons. The fourth-order valence-corrected chi connectivity index (χ4v) is 4.29. The van der Waals surface area contributed by atoms with E-state index in [1.54, 1.807) is 36.9 Å². The SMILES string of the molecule is O=C1c2cccnc2C2(c3cccnc3Oc3ncccc32)c2ncccc21. The van der Waals surface area contributed by atoms with Gasteiger partial charge in [0.25, 0.3) is 0 Å². The molecule has 4 aromatic rings. The number of nitrogens with zero attached hydrogens (tertiary/aromatic N) is 4. The minimum atomic E-state index is -0.924. The van der Waals surface area contributed by atoms with Crippen LogP contribution in [0.3, 0.4) is 0 Å². The number of ether oxygens (including phenoxy) is 1. The summed E-state index contributed by atoms with van der Waals surface area (Å²) < 4.78 is 6.00. The Labute approximate surface area is 159 Å². The van der Waals surface area contributed by atoms with Crippen molar-refractivity contribution in [3.63, 3.8) is 0 Å². The lowest BCUT2D eigenvalue weighted by Gasteiger charge is -2.41. The minimum absolute atomic E-state index is 0.0841. The molecule has 1 aliphatic carbocycles. The third kappa shape index (κ3) is 1.69. The Hall–Kier alpha value is -3.93. The van der Waals surface area contributed by atoms with Crippen LogP contribution in [-0.4, -0.2) is 25.7 Å². The molecule has 0 unspecified atom stereocenters. The molecule has 0 saturated heterocycles. The maximum Gasteiger partial charge on any atom is 0.226 e. The highest BCUT2D eigenvalue weighted by atomic mass is 16.5. The Morgan fingerprint density at radius 2 is 1.11 bits per heavy atom. The minimum Gasteiger partial charge on any atom is -0.420 e. The van der Waals surface area contributed by atoms with E-state index in [9.17, 15) is 4.79 Å². The van der Waals surface area contributed by atoms with Crippen LogP contribution < -0.4 is 4.74 Å². The number of carbonyl (C=O) groups excluding carboxylic acids is 1. The molecule has 4 aromatic heterocycles. The fourth-order valence-electron chi connectivity index (χ4n) is 4.29. The zero-order chi connectivity index (χ0) is 18.7. The van der Waals surface area contributed by atoms with Gasteiger partial charge in [0.1, 0.15) is 5.41 Å². The highest BCUT2D eigenvalue weighted by molar-refractivity contribution is 6.13. The van der Waals surface area contributed by atoms with Gasteiger partial charge in [-0.3, -0.25) is 14.8 Å². The van der Waals surface area contributed by atoms with Gasteiger partial charge in [-0.2, -0.15) is 0 Å². The lowest BCUT2D eigenvalue weighted by Crippen LogP contribution is -2.42. The summed E-state index contributed by atoms with van der Waals surface area (Å²) in [6.07, 6.45) is 6.74. The first-order valence-electron chi connectivity index (χ1n) is 8.86. The fraction of sp³-hybridized carbons (Fsp3) is 0.0455. The predicted octanol–water partition coefficient (Wildman–Crippen LogP) is 3.30. The zero-order valence-electron chi connectivity index (χ0n) is 14.5. The van der Waals surface area contributed by atoms with Crippen LogP contribution in [0.1, 0.15) is 38.4 Å². The van der Waals surface area contributed by atoms with Crippen molar-refractivity contribution in [2.75, 3.05) is 0 Å². The molecular formula is C22H12N4O2. The van der Waals surface area contributed by atoms with E-state index in [4.69, 9.17) is 4.74 Å². The van der Waals surface area contributed by atoms with Crippen molar-refractivity contribution >= 4 is 5.78 Å². The average molecular weight is 364 g/mol. The largest absolute Gasteiger partial charge is 0.420 e. The van der Waals surface area contributed by atoms with E-state index < -0.39 is 5.41 Å². The predicted molar refractivity (Wildman–Crippen MR) is 99.4 cm³/mol. The molecule has 2 aliphatic rings. The molecule has 0 aromatic carbocycles. The van der Waals surface area contributed by atoms with Gasteiger partial charge in [0, 0.05) is 47.0 Å². The lowest BCUT2D eigenvalue weighted by molar-refractivity contribution is 0.103.